The van der Waals surface area contributed by atoms with Gasteiger partial charge >= 0.3 is 0 Å². The van der Waals surface area contributed by atoms with E-state index in [1.807, 2.05) is 25.2 Å². The van der Waals surface area contributed by atoms with Crippen LogP contribution in [0, 0.1) is 5.41 Å². The lowest BCUT2D eigenvalue weighted by Crippen LogP contribution is -2.46. The summed E-state index contributed by atoms with van der Waals surface area (Å²) in [6.07, 6.45) is 7.98. The molecule has 1 atom stereocenters. The number of nitrogens with zero attached hydrogens (tertiary/aromatic N) is 1. The Bertz CT molecular complexity index is 638. The van der Waals surface area contributed by atoms with Crippen LogP contribution in [0.4, 0.5) is 0 Å². The van der Waals surface area contributed by atoms with Gasteiger partial charge in [0.05, 0.1) is 0 Å². The van der Waals surface area contributed by atoms with E-state index in [4.69, 9.17) is 0 Å². The van der Waals surface area contributed by atoms with Gasteiger partial charge in [0.2, 0.25) is 11.8 Å². The number of likely N-dealkylation sites (tertiary alicyclic amines) is 1. The minimum Gasteiger partial charge on any atom is -0.355 e. The van der Waals surface area contributed by atoms with Crippen molar-refractivity contribution in [3.05, 3.63) is 47.7 Å². The van der Waals surface area contributed by atoms with Gasteiger partial charge in [-0.15, -0.1) is 0 Å². The molecule has 1 aromatic carbocycles. The van der Waals surface area contributed by atoms with Gasteiger partial charge in [-0.1, -0.05) is 36.4 Å². The van der Waals surface area contributed by atoms with E-state index >= 15 is 0 Å². The molecule has 128 valence electrons. The van der Waals surface area contributed by atoms with Crippen molar-refractivity contribution < 1.29 is 9.59 Å². The number of fused-ring (bicyclic) bond motifs is 1. The molecule has 0 spiro atoms. The van der Waals surface area contributed by atoms with Crippen LogP contribution in [-0.2, 0) is 16.0 Å². The van der Waals surface area contributed by atoms with Crippen LogP contribution in [0.5, 0.6) is 0 Å². The fourth-order valence-electron chi connectivity index (χ4n) is 3.95. The van der Waals surface area contributed by atoms with Gasteiger partial charge in [0, 0.05) is 37.5 Å². The molecule has 0 radical (unpaired) electrons. The molecule has 3 rings (SSSR count). The Balaban J connectivity index is 1.47. The molecule has 2 aliphatic rings. The highest BCUT2D eigenvalue weighted by molar-refractivity contribution is 5.80. The second-order valence-electron chi connectivity index (χ2n) is 6.98. The van der Waals surface area contributed by atoms with E-state index in [1.54, 1.807) is 4.90 Å². The molecule has 4 nitrogen and oxygen atoms in total. The van der Waals surface area contributed by atoms with Crippen LogP contribution in [0.3, 0.4) is 0 Å². The highest BCUT2D eigenvalue weighted by Crippen LogP contribution is 2.46. The lowest BCUT2D eigenvalue weighted by Gasteiger charge is -2.41. The maximum atomic E-state index is 12.2. The standard InChI is InChI=1S/C20H26N2O2/c1-22-17-10-6-13-20(17,14-12-19(22)24)15-21-18(23)11-5-9-16-7-3-2-4-8-16/h2-4,7-8,10H,5-6,9,11-15H2,1H3,(H,21,23). The SMILES string of the molecule is CN1C(=O)CCC2(CNC(=O)CCCc3ccccc3)CCC=C12. The Morgan fingerprint density at radius 2 is 2.04 bits per heavy atom. The Labute approximate surface area is 143 Å². The van der Waals surface area contributed by atoms with E-state index in [0.29, 0.717) is 19.4 Å². The lowest BCUT2D eigenvalue weighted by atomic mass is 9.77. The minimum absolute atomic E-state index is 0.0300. The molecule has 1 N–H and O–H groups in total. The summed E-state index contributed by atoms with van der Waals surface area (Å²) in [5.74, 6) is 0.305. The van der Waals surface area contributed by atoms with E-state index in [2.05, 4.69) is 23.5 Å². The number of nitrogens with one attached hydrogen (secondary N) is 1. The number of rotatable bonds is 6. The van der Waals surface area contributed by atoms with E-state index in [0.717, 1.165) is 37.8 Å². The lowest BCUT2D eigenvalue weighted by molar-refractivity contribution is -0.132. The molecule has 1 aromatic rings. The molecule has 0 saturated carbocycles. The summed E-state index contributed by atoms with van der Waals surface area (Å²) < 4.78 is 0. The second kappa shape index (κ2) is 7.20. The molecule has 1 fully saturated rings. The van der Waals surface area contributed by atoms with Crippen molar-refractivity contribution in [1.82, 2.24) is 10.2 Å². The summed E-state index contributed by atoms with van der Waals surface area (Å²) in [5, 5.41) is 3.12. The van der Waals surface area contributed by atoms with Gasteiger partial charge in [-0.05, 0) is 37.7 Å². The van der Waals surface area contributed by atoms with Gasteiger partial charge < -0.3 is 10.2 Å². The monoisotopic (exact) mass is 326 g/mol. The molecule has 24 heavy (non-hydrogen) atoms. The van der Waals surface area contributed by atoms with Crippen LogP contribution in [0.1, 0.15) is 44.1 Å². The third-order valence-corrected chi connectivity index (χ3v) is 5.39. The first-order valence-corrected chi connectivity index (χ1v) is 8.89. The molecule has 4 heteroatoms. The van der Waals surface area contributed by atoms with Gasteiger partial charge in [0.1, 0.15) is 0 Å². The fourth-order valence-corrected chi connectivity index (χ4v) is 3.95. The third kappa shape index (κ3) is 3.53. The van der Waals surface area contributed by atoms with Gasteiger partial charge in [-0.25, -0.2) is 0 Å². The molecule has 1 aliphatic heterocycles. The van der Waals surface area contributed by atoms with Gasteiger partial charge in [0.25, 0.3) is 0 Å². The number of benzene rings is 1. The Kier molecular flexibility index (Phi) is 5.03. The molecule has 0 bridgehead atoms. The van der Waals surface area contributed by atoms with Crippen molar-refractivity contribution in [1.29, 1.82) is 0 Å². The Morgan fingerprint density at radius 3 is 2.83 bits per heavy atom. The highest BCUT2D eigenvalue weighted by Gasteiger charge is 2.44. The number of allylic oxidation sites excluding steroid dienone is 1. The zero-order valence-electron chi connectivity index (χ0n) is 14.4. The normalized spacial score (nSPS) is 23.0. The quantitative estimate of drug-likeness (QED) is 0.873. The second-order valence-corrected chi connectivity index (χ2v) is 6.98. The van der Waals surface area contributed by atoms with Crippen molar-refractivity contribution in [2.24, 2.45) is 5.41 Å². The maximum Gasteiger partial charge on any atom is 0.226 e. The van der Waals surface area contributed by atoms with E-state index in [1.165, 1.54) is 5.56 Å². The average molecular weight is 326 g/mol. The smallest absolute Gasteiger partial charge is 0.226 e. The molecular weight excluding hydrogens is 300 g/mol. The molecule has 0 aromatic heterocycles. The van der Waals surface area contributed by atoms with Crippen LogP contribution in [0.15, 0.2) is 42.1 Å². The van der Waals surface area contributed by atoms with Crippen molar-refractivity contribution in [3.63, 3.8) is 0 Å². The number of hydrogen-bond donors (Lipinski definition) is 1. The largest absolute Gasteiger partial charge is 0.355 e. The Hall–Kier alpha value is -2.10. The van der Waals surface area contributed by atoms with Crippen molar-refractivity contribution in [3.8, 4) is 0 Å². The predicted molar refractivity (Wildman–Crippen MR) is 94.1 cm³/mol. The molecule has 1 saturated heterocycles. The van der Waals surface area contributed by atoms with Gasteiger partial charge in [0.15, 0.2) is 0 Å². The summed E-state index contributed by atoms with van der Waals surface area (Å²) in [4.78, 5) is 25.9. The number of piperidine rings is 1. The molecule has 1 unspecified atom stereocenters. The topological polar surface area (TPSA) is 49.4 Å². The van der Waals surface area contributed by atoms with E-state index in [-0.39, 0.29) is 17.2 Å². The van der Waals surface area contributed by atoms with Crippen LogP contribution in [0.2, 0.25) is 0 Å². The zero-order valence-corrected chi connectivity index (χ0v) is 14.4. The summed E-state index contributed by atoms with van der Waals surface area (Å²) in [6, 6.07) is 10.3. The van der Waals surface area contributed by atoms with Crippen LogP contribution < -0.4 is 5.32 Å². The van der Waals surface area contributed by atoms with E-state index < -0.39 is 0 Å². The average Bonchev–Trinajstić information content (AvgIpc) is 3.03. The first-order valence-electron chi connectivity index (χ1n) is 8.89. The fraction of sp³-hybridized carbons (Fsp3) is 0.500. The molecular formula is C20H26N2O2. The molecule has 1 aliphatic carbocycles. The first-order chi connectivity index (χ1) is 11.6. The Morgan fingerprint density at radius 1 is 1.25 bits per heavy atom. The first kappa shape index (κ1) is 16.7. The zero-order chi connectivity index (χ0) is 17.0. The number of aryl methyl sites for hydroxylation is 1. The maximum absolute atomic E-state index is 12.2. The van der Waals surface area contributed by atoms with Gasteiger partial charge in [-0.2, -0.15) is 0 Å². The van der Waals surface area contributed by atoms with Crippen LogP contribution in [-0.4, -0.2) is 30.3 Å². The number of carbonyl (C=O) groups excluding carboxylic acids is 2. The molecule has 1 heterocycles. The summed E-state index contributed by atoms with van der Waals surface area (Å²) >= 11 is 0. The van der Waals surface area contributed by atoms with Gasteiger partial charge in [-0.3, -0.25) is 9.59 Å². The number of carbonyl (C=O) groups is 2. The highest BCUT2D eigenvalue weighted by atomic mass is 16.2. The van der Waals surface area contributed by atoms with Crippen LogP contribution >= 0.6 is 0 Å². The summed E-state index contributed by atoms with van der Waals surface area (Å²) in [7, 11) is 1.86. The number of amides is 2. The predicted octanol–water partition coefficient (Wildman–Crippen LogP) is 3.04. The third-order valence-electron chi connectivity index (χ3n) is 5.39. The number of hydrogen-bond acceptors (Lipinski definition) is 2. The summed E-state index contributed by atoms with van der Waals surface area (Å²) in [6.45, 7) is 0.653. The summed E-state index contributed by atoms with van der Waals surface area (Å²) in [5.41, 5.74) is 2.36. The van der Waals surface area contributed by atoms with Crippen LogP contribution in [0.25, 0.3) is 0 Å². The molecule has 2 amide bonds. The van der Waals surface area contributed by atoms with Crippen molar-refractivity contribution in [2.75, 3.05) is 13.6 Å². The van der Waals surface area contributed by atoms with Crippen molar-refractivity contribution in [2.45, 2.75) is 44.9 Å². The van der Waals surface area contributed by atoms with E-state index in [9.17, 15) is 9.59 Å². The minimum atomic E-state index is -0.0300. The van der Waals surface area contributed by atoms with Crippen molar-refractivity contribution >= 4 is 11.8 Å².